The third-order valence-electron chi connectivity index (χ3n) is 5.88. The second-order valence-electron chi connectivity index (χ2n) is 8.48. The van der Waals surface area contributed by atoms with Crippen LogP contribution >= 0.6 is 11.8 Å². The number of nitro groups is 1. The van der Waals surface area contributed by atoms with E-state index in [2.05, 4.69) is 20.6 Å². The third-order valence-corrected chi connectivity index (χ3v) is 6.85. The summed E-state index contributed by atoms with van der Waals surface area (Å²) in [5, 5.41) is 27.8. The number of carbonyl (C=O) groups is 1. The van der Waals surface area contributed by atoms with Crippen molar-refractivity contribution in [1.82, 2.24) is 24.5 Å². The fraction of sp³-hybridized carbons (Fsp3) is 0.308. The van der Waals surface area contributed by atoms with Crippen molar-refractivity contribution in [3.63, 3.8) is 0 Å². The Morgan fingerprint density at radius 3 is 2.39 bits per heavy atom. The predicted molar refractivity (Wildman–Crippen MR) is 146 cm³/mol. The predicted octanol–water partition coefficient (Wildman–Crippen LogP) is 4.86. The van der Waals surface area contributed by atoms with Crippen molar-refractivity contribution in [3.8, 4) is 17.1 Å². The van der Waals surface area contributed by atoms with Crippen LogP contribution < -0.4 is 10.1 Å². The molecule has 0 aliphatic heterocycles. The third kappa shape index (κ3) is 6.02. The molecule has 1 N–H and O–H groups in total. The molecule has 38 heavy (non-hydrogen) atoms. The molecule has 12 heteroatoms. The average Bonchev–Trinajstić information content (AvgIpc) is 3.43. The summed E-state index contributed by atoms with van der Waals surface area (Å²) in [6, 6.07) is 15.0. The number of amides is 1. The highest BCUT2D eigenvalue weighted by molar-refractivity contribution is 7.99. The van der Waals surface area contributed by atoms with Crippen molar-refractivity contribution >= 4 is 29.0 Å². The van der Waals surface area contributed by atoms with Crippen molar-refractivity contribution in [1.29, 1.82) is 0 Å². The molecule has 0 aliphatic rings. The minimum Gasteiger partial charge on any atom is -0.494 e. The highest BCUT2D eigenvalue weighted by atomic mass is 32.2. The van der Waals surface area contributed by atoms with Crippen molar-refractivity contribution in [2.24, 2.45) is 0 Å². The Morgan fingerprint density at radius 2 is 1.79 bits per heavy atom. The van der Waals surface area contributed by atoms with Gasteiger partial charge in [-0.15, -0.1) is 10.2 Å². The zero-order valence-electron chi connectivity index (χ0n) is 21.7. The van der Waals surface area contributed by atoms with Gasteiger partial charge in [0.25, 0.3) is 0 Å². The van der Waals surface area contributed by atoms with Gasteiger partial charge in [0, 0.05) is 17.8 Å². The molecule has 0 unspecified atom stereocenters. The van der Waals surface area contributed by atoms with Crippen LogP contribution in [-0.2, 0) is 17.9 Å². The molecule has 0 fully saturated rings. The number of nitrogens with zero attached hydrogens (tertiary/aromatic N) is 6. The van der Waals surface area contributed by atoms with Gasteiger partial charge >= 0.3 is 5.69 Å². The molecular formula is C26H29N7O4S. The van der Waals surface area contributed by atoms with E-state index in [0.29, 0.717) is 47.8 Å². The SMILES string of the molecule is CCOc1ccc(NC(=O)CSc2nnc(-c3ccc(Cn4nc(C)c([N+](=O)[O-])c4C)cc3)n2CC)cc1. The van der Waals surface area contributed by atoms with E-state index in [1.807, 2.05) is 54.8 Å². The van der Waals surface area contributed by atoms with Gasteiger partial charge in [0.2, 0.25) is 5.91 Å². The lowest BCUT2D eigenvalue weighted by molar-refractivity contribution is -0.386. The van der Waals surface area contributed by atoms with Crippen molar-refractivity contribution < 1.29 is 14.5 Å². The summed E-state index contributed by atoms with van der Waals surface area (Å²) in [4.78, 5) is 23.4. The summed E-state index contributed by atoms with van der Waals surface area (Å²) in [5.74, 6) is 1.52. The number of aryl methyl sites for hydroxylation is 1. The van der Waals surface area contributed by atoms with Crippen LogP contribution in [0.5, 0.6) is 5.75 Å². The number of thioether (sulfide) groups is 1. The van der Waals surface area contributed by atoms with E-state index in [9.17, 15) is 14.9 Å². The van der Waals surface area contributed by atoms with Gasteiger partial charge in [0.05, 0.1) is 23.8 Å². The zero-order chi connectivity index (χ0) is 27.2. The fourth-order valence-corrected chi connectivity index (χ4v) is 4.86. The molecule has 0 spiro atoms. The Balaban J connectivity index is 1.40. The maximum atomic E-state index is 12.5. The highest BCUT2D eigenvalue weighted by Gasteiger charge is 2.22. The molecule has 4 aromatic rings. The Hall–Kier alpha value is -4.19. The van der Waals surface area contributed by atoms with Crippen molar-refractivity contribution in [2.75, 3.05) is 17.7 Å². The Morgan fingerprint density at radius 1 is 1.08 bits per heavy atom. The Labute approximate surface area is 224 Å². The second-order valence-corrected chi connectivity index (χ2v) is 9.42. The summed E-state index contributed by atoms with van der Waals surface area (Å²) in [7, 11) is 0. The first kappa shape index (κ1) is 26.9. The minimum atomic E-state index is -0.395. The summed E-state index contributed by atoms with van der Waals surface area (Å²) in [6.07, 6.45) is 0. The van der Waals surface area contributed by atoms with Gasteiger partial charge < -0.3 is 14.6 Å². The lowest BCUT2D eigenvalue weighted by atomic mass is 10.1. The molecular weight excluding hydrogens is 506 g/mol. The van der Waals surface area contributed by atoms with Gasteiger partial charge in [0.15, 0.2) is 11.0 Å². The number of anilines is 1. The molecule has 1 amide bonds. The number of carbonyl (C=O) groups excluding carboxylic acids is 1. The van der Waals surface area contributed by atoms with E-state index < -0.39 is 4.92 Å². The summed E-state index contributed by atoms with van der Waals surface area (Å²) >= 11 is 1.32. The first-order valence-electron chi connectivity index (χ1n) is 12.2. The number of benzene rings is 2. The molecule has 2 heterocycles. The van der Waals surface area contributed by atoms with Crippen LogP contribution in [0.15, 0.2) is 53.7 Å². The maximum absolute atomic E-state index is 12.5. The van der Waals surface area contributed by atoms with Crippen LogP contribution in [0.3, 0.4) is 0 Å². The van der Waals surface area contributed by atoms with E-state index in [0.717, 1.165) is 16.9 Å². The molecule has 0 aliphatic carbocycles. The summed E-state index contributed by atoms with van der Waals surface area (Å²) < 4.78 is 9.03. The topological polar surface area (TPSA) is 130 Å². The van der Waals surface area contributed by atoms with Gasteiger partial charge in [-0.25, -0.2) is 0 Å². The first-order valence-corrected chi connectivity index (χ1v) is 13.2. The van der Waals surface area contributed by atoms with Crippen molar-refractivity contribution in [3.05, 3.63) is 75.6 Å². The van der Waals surface area contributed by atoms with Gasteiger partial charge in [0.1, 0.15) is 17.1 Å². The van der Waals surface area contributed by atoms with Crippen LogP contribution in [0.25, 0.3) is 11.4 Å². The minimum absolute atomic E-state index is 0.0517. The quantitative estimate of drug-likeness (QED) is 0.164. The van der Waals surface area contributed by atoms with E-state index in [-0.39, 0.29) is 17.3 Å². The fourth-order valence-electron chi connectivity index (χ4n) is 4.06. The lowest BCUT2D eigenvalue weighted by Crippen LogP contribution is -2.14. The molecule has 0 bridgehead atoms. The van der Waals surface area contributed by atoms with Gasteiger partial charge in [-0.3, -0.25) is 19.6 Å². The number of rotatable bonds is 11. The van der Waals surface area contributed by atoms with Crippen molar-refractivity contribution in [2.45, 2.75) is 45.9 Å². The highest BCUT2D eigenvalue weighted by Crippen LogP contribution is 2.26. The summed E-state index contributed by atoms with van der Waals surface area (Å²) in [5.41, 5.74) is 3.52. The van der Waals surface area contributed by atoms with Crippen LogP contribution in [-0.4, -0.2) is 47.7 Å². The van der Waals surface area contributed by atoms with Gasteiger partial charge in [-0.2, -0.15) is 5.10 Å². The molecule has 0 saturated carbocycles. The smallest absolute Gasteiger partial charge is 0.312 e. The number of hydrogen-bond acceptors (Lipinski definition) is 8. The lowest BCUT2D eigenvalue weighted by Gasteiger charge is -2.09. The molecule has 0 radical (unpaired) electrons. The number of hydrogen-bond donors (Lipinski definition) is 1. The van der Waals surface area contributed by atoms with E-state index in [1.54, 1.807) is 30.7 Å². The molecule has 2 aromatic heterocycles. The monoisotopic (exact) mass is 535 g/mol. The first-order chi connectivity index (χ1) is 18.3. The van der Waals surface area contributed by atoms with Crippen LogP contribution in [0, 0.1) is 24.0 Å². The largest absolute Gasteiger partial charge is 0.494 e. The van der Waals surface area contributed by atoms with E-state index in [1.165, 1.54) is 11.8 Å². The van der Waals surface area contributed by atoms with Crippen LogP contribution in [0.4, 0.5) is 11.4 Å². The standard InChI is InChI=1S/C26H29N7O4S/c1-5-31-25(20-9-7-19(8-10-20)15-32-18(4)24(33(35)36)17(3)30-32)28-29-26(31)38-16-23(34)27-21-11-13-22(14-12-21)37-6-2/h7-14H,5-6,15-16H2,1-4H3,(H,27,34). The molecule has 0 atom stereocenters. The van der Waals surface area contributed by atoms with E-state index >= 15 is 0 Å². The van der Waals surface area contributed by atoms with Crippen LogP contribution in [0.1, 0.15) is 30.8 Å². The van der Waals surface area contributed by atoms with Gasteiger partial charge in [-0.1, -0.05) is 36.0 Å². The molecule has 11 nitrogen and oxygen atoms in total. The average molecular weight is 536 g/mol. The molecule has 2 aromatic carbocycles. The van der Waals surface area contributed by atoms with Crippen LogP contribution in [0.2, 0.25) is 0 Å². The normalized spacial score (nSPS) is 10.9. The second kappa shape index (κ2) is 11.9. The number of aromatic nitrogens is 5. The number of ether oxygens (including phenoxy) is 1. The summed E-state index contributed by atoms with van der Waals surface area (Å²) in [6.45, 7) is 8.92. The maximum Gasteiger partial charge on any atom is 0.312 e. The zero-order valence-corrected chi connectivity index (χ0v) is 22.5. The molecule has 0 saturated heterocycles. The Kier molecular flexibility index (Phi) is 8.41. The molecule has 4 rings (SSSR count). The number of nitrogens with one attached hydrogen (secondary N) is 1. The molecule has 198 valence electrons. The Bertz CT molecular complexity index is 1430. The van der Waals surface area contributed by atoms with E-state index in [4.69, 9.17) is 4.74 Å². The van der Waals surface area contributed by atoms with Gasteiger partial charge in [-0.05, 0) is 57.5 Å².